The maximum absolute atomic E-state index is 5.86. The van der Waals surface area contributed by atoms with E-state index in [0.29, 0.717) is 0 Å². The first-order chi connectivity index (χ1) is 7.83. The van der Waals surface area contributed by atoms with Gasteiger partial charge in [0.25, 0.3) is 0 Å². The first-order valence-corrected chi connectivity index (χ1v) is 5.51. The fourth-order valence-electron chi connectivity index (χ4n) is 2.05. The predicted octanol–water partition coefficient (Wildman–Crippen LogP) is 3.07. The summed E-state index contributed by atoms with van der Waals surface area (Å²) < 4.78 is 5.86. The molecule has 1 atom stereocenters. The second kappa shape index (κ2) is 3.63. The number of pyridine rings is 1. The molecular formula is C14H13NO. The summed E-state index contributed by atoms with van der Waals surface area (Å²) in [5.74, 6) is 0.800. The van der Waals surface area contributed by atoms with Crippen molar-refractivity contribution in [2.75, 3.05) is 0 Å². The van der Waals surface area contributed by atoms with E-state index in [0.717, 1.165) is 18.0 Å². The van der Waals surface area contributed by atoms with Crippen LogP contribution >= 0.6 is 0 Å². The van der Waals surface area contributed by atoms with E-state index in [1.54, 1.807) is 0 Å². The molecule has 80 valence electrons. The molecule has 2 aromatic rings. The molecule has 1 unspecified atom stereocenters. The van der Waals surface area contributed by atoms with Gasteiger partial charge >= 0.3 is 0 Å². The molecule has 2 heterocycles. The standard InChI is InChI=1S/C14H13NO/c1-10-7-8-12-9-13(16-14(12)15-10)11-5-3-2-4-6-11/h2-8,13H,9H2,1H3. The van der Waals surface area contributed by atoms with Gasteiger partial charge in [0.05, 0.1) is 0 Å². The van der Waals surface area contributed by atoms with Gasteiger partial charge in [-0.15, -0.1) is 0 Å². The maximum Gasteiger partial charge on any atom is 0.217 e. The average Bonchev–Trinajstić information content (AvgIpc) is 2.73. The fraction of sp³-hybridized carbons (Fsp3) is 0.214. The molecule has 16 heavy (non-hydrogen) atoms. The quantitative estimate of drug-likeness (QED) is 0.723. The van der Waals surface area contributed by atoms with Crippen LogP contribution in [0.1, 0.15) is 22.9 Å². The van der Waals surface area contributed by atoms with Crippen LogP contribution in [0.2, 0.25) is 0 Å². The second-order valence-corrected chi connectivity index (χ2v) is 4.14. The van der Waals surface area contributed by atoms with Crippen molar-refractivity contribution in [2.45, 2.75) is 19.4 Å². The highest BCUT2D eigenvalue weighted by Gasteiger charge is 2.25. The van der Waals surface area contributed by atoms with E-state index < -0.39 is 0 Å². The van der Waals surface area contributed by atoms with Crippen LogP contribution in [0.3, 0.4) is 0 Å². The zero-order chi connectivity index (χ0) is 11.0. The van der Waals surface area contributed by atoms with Crippen molar-refractivity contribution in [1.29, 1.82) is 0 Å². The summed E-state index contributed by atoms with van der Waals surface area (Å²) in [6.07, 6.45) is 1.05. The first-order valence-electron chi connectivity index (χ1n) is 5.51. The van der Waals surface area contributed by atoms with Crippen molar-refractivity contribution in [3.8, 4) is 5.88 Å². The van der Waals surface area contributed by atoms with Crippen LogP contribution in [0, 0.1) is 6.92 Å². The van der Waals surface area contributed by atoms with Crippen molar-refractivity contribution in [2.24, 2.45) is 0 Å². The van der Waals surface area contributed by atoms with Gasteiger partial charge in [0, 0.05) is 17.7 Å². The fourth-order valence-corrected chi connectivity index (χ4v) is 2.05. The Morgan fingerprint density at radius 3 is 2.75 bits per heavy atom. The van der Waals surface area contributed by atoms with E-state index in [-0.39, 0.29) is 6.10 Å². The van der Waals surface area contributed by atoms with Crippen LogP contribution in [0.15, 0.2) is 42.5 Å². The van der Waals surface area contributed by atoms with Gasteiger partial charge in [0.2, 0.25) is 5.88 Å². The lowest BCUT2D eigenvalue weighted by atomic mass is 10.0. The van der Waals surface area contributed by atoms with E-state index in [9.17, 15) is 0 Å². The molecule has 0 radical (unpaired) electrons. The van der Waals surface area contributed by atoms with E-state index in [4.69, 9.17) is 4.74 Å². The van der Waals surface area contributed by atoms with Gasteiger partial charge in [-0.25, -0.2) is 4.98 Å². The third-order valence-corrected chi connectivity index (χ3v) is 2.91. The van der Waals surface area contributed by atoms with Crippen LogP contribution in [-0.4, -0.2) is 4.98 Å². The van der Waals surface area contributed by atoms with Crippen LogP contribution in [-0.2, 0) is 6.42 Å². The number of fused-ring (bicyclic) bond motifs is 1. The maximum atomic E-state index is 5.86. The normalized spacial score (nSPS) is 17.9. The van der Waals surface area contributed by atoms with Crippen molar-refractivity contribution < 1.29 is 4.74 Å². The number of aromatic nitrogens is 1. The summed E-state index contributed by atoms with van der Waals surface area (Å²) in [5, 5.41) is 0. The monoisotopic (exact) mass is 211 g/mol. The third kappa shape index (κ3) is 1.56. The Hall–Kier alpha value is -1.83. The number of benzene rings is 1. The molecule has 1 aliphatic rings. The van der Waals surface area contributed by atoms with Crippen LogP contribution in [0.25, 0.3) is 0 Å². The molecule has 0 fully saturated rings. The third-order valence-electron chi connectivity index (χ3n) is 2.91. The number of hydrogen-bond acceptors (Lipinski definition) is 2. The highest BCUT2D eigenvalue weighted by atomic mass is 16.5. The minimum Gasteiger partial charge on any atom is -0.469 e. The summed E-state index contributed by atoms with van der Waals surface area (Å²) in [6.45, 7) is 1.99. The lowest BCUT2D eigenvalue weighted by molar-refractivity contribution is 0.230. The first kappa shape index (κ1) is 9.40. The molecule has 1 aromatic heterocycles. The summed E-state index contributed by atoms with van der Waals surface area (Å²) in [4.78, 5) is 4.41. The van der Waals surface area contributed by atoms with Gasteiger partial charge in [0.15, 0.2) is 0 Å². The average molecular weight is 211 g/mol. The zero-order valence-electron chi connectivity index (χ0n) is 9.18. The Morgan fingerprint density at radius 2 is 1.94 bits per heavy atom. The number of rotatable bonds is 1. The van der Waals surface area contributed by atoms with Gasteiger partial charge in [-0.2, -0.15) is 0 Å². The van der Waals surface area contributed by atoms with Crippen LogP contribution < -0.4 is 4.74 Å². The van der Waals surface area contributed by atoms with E-state index in [2.05, 4.69) is 23.2 Å². The lowest BCUT2D eigenvalue weighted by Gasteiger charge is -2.09. The summed E-state index contributed by atoms with van der Waals surface area (Å²) in [7, 11) is 0. The van der Waals surface area contributed by atoms with Crippen LogP contribution in [0.5, 0.6) is 5.88 Å². The number of ether oxygens (including phenoxy) is 1. The Bertz CT molecular complexity index is 507. The van der Waals surface area contributed by atoms with E-state index in [1.807, 2.05) is 31.2 Å². The SMILES string of the molecule is Cc1ccc2c(n1)OC(c1ccccc1)C2. The molecule has 0 spiro atoms. The Kier molecular flexibility index (Phi) is 2.13. The summed E-state index contributed by atoms with van der Waals surface area (Å²) >= 11 is 0. The minimum absolute atomic E-state index is 0.130. The molecule has 0 N–H and O–H groups in total. The lowest BCUT2D eigenvalue weighted by Crippen LogP contribution is -2.02. The number of nitrogens with zero attached hydrogens (tertiary/aromatic N) is 1. The Balaban J connectivity index is 1.91. The van der Waals surface area contributed by atoms with Crippen molar-refractivity contribution >= 4 is 0 Å². The molecule has 0 saturated heterocycles. The Morgan fingerprint density at radius 1 is 1.12 bits per heavy atom. The molecule has 0 amide bonds. The largest absolute Gasteiger partial charge is 0.469 e. The molecule has 3 rings (SSSR count). The molecule has 0 bridgehead atoms. The minimum atomic E-state index is 0.130. The molecule has 2 heteroatoms. The second-order valence-electron chi connectivity index (χ2n) is 4.14. The molecular weight excluding hydrogens is 198 g/mol. The molecule has 0 saturated carbocycles. The Labute approximate surface area is 94.9 Å². The van der Waals surface area contributed by atoms with Crippen LogP contribution in [0.4, 0.5) is 0 Å². The topological polar surface area (TPSA) is 22.1 Å². The predicted molar refractivity (Wildman–Crippen MR) is 62.5 cm³/mol. The van der Waals surface area contributed by atoms with Crippen molar-refractivity contribution in [1.82, 2.24) is 4.98 Å². The van der Waals surface area contributed by atoms with Crippen molar-refractivity contribution in [3.63, 3.8) is 0 Å². The molecule has 0 aliphatic carbocycles. The highest BCUT2D eigenvalue weighted by molar-refractivity contribution is 5.35. The van der Waals surface area contributed by atoms with Gasteiger partial charge < -0.3 is 4.74 Å². The number of aryl methyl sites for hydroxylation is 1. The summed E-state index contributed by atoms with van der Waals surface area (Å²) in [5.41, 5.74) is 3.44. The smallest absolute Gasteiger partial charge is 0.217 e. The van der Waals surface area contributed by atoms with E-state index in [1.165, 1.54) is 11.1 Å². The van der Waals surface area contributed by atoms with Gasteiger partial charge in [-0.05, 0) is 18.6 Å². The number of hydrogen-bond donors (Lipinski definition) is 0. The molecule has 1 aromatic carbocycles. The highest BCUT2D eigenvalue weighted by Crippen LogP contribution is 2.34. The van der Waals surface area contributed by atoms with Crippen molar-refractivity contribution in [3.05, 3.63) is 59.3 Å². The zero-order valence-corrected chi connectivity index (χ0v) is 9.18. The van der Waals surface area contributed by atoms with Gasteiger partial charge in [-0.1, -0.05) is 36.4 Å². The molecule has 1 aliphatic heterocycles. The van der Waals surface area contributed by atoms with E-state index >= 15 is 0 Å². The van der Waals surface area contributed by atoms with Gasteiger partial charge in [0.1, 0.15) is 6.10 Å². The van der Waals surface area contributed by atoms with Gasteiger partial charge in [-0.3, -0.25) is 0 Å². The summed E-state index contributed by atoms with van der Waals surface area (Å²) in [6, 6.07) is 14.5. The molecule has 2 nitrogen and oxygen atoms in total.